The largest absolute Gasteiger partial charge is 0.334 e. The summed E-state index contributed by atoms with van der Waals surface area (Å²) < 4.78 is 0. The number of halogens is 2. The van der Waals surface area contributed by atoms with Gasteiger partial charge in [-0.2, -0.15) is 0 Å². The van der Waals surface area contributed by atoms with E-state index < -0.39 is 0 Å². The zero-order chi connectivity index (χ0) is 14.5. The van der Waals surface area contributed by atoms with E-state index in [1.54, 1.807) is 18.2 Å². The summed E-state index contributed by atoms with van der Waals surface area (Å²) in [5, 5.41) is 6.20. The lowest BCUT2D eigenvalue weighted by molar-refractivity contribution is 0.251. The van der Waals surface area contributed by atoms with Crippen molar-refractivity contribution in [3.63, 3.8) is 0 Å². The Kier molecular flexibility index (Phi) is 4.88. The highest BCUT2D eigenvalue weighted by atomic mass is 35.5. The molecule has 0 fully saturated rings. The number of urea groups is 1. The maximum atomic E-state index is 11.8. The van der Waals surface area contributed by atoms with E-state index in [2.05, 4.69) is 10.6 Å². The van der Waals surface area contributed by atoms with Crippen LogP contribution < -0.4 is 10.6 Å². The molecule has 0 aliphatic heterocycles. The molecule has 5 heteroatoms. The highest BCUT2D eigenvalue weighted by molar-refractivity contribution is 6.43. The van der Waals surface area contributed by atoms with Gasteiger partial charge in [0.1, 0.15) is 0 Å². The Bertz CT molecular complexity index is 629. The van der Waals surface area contributed by atoms with Crippen LogP contribution in [0, 0.1) is 6.92 Å². The van der Waals surface area contributed by atoms with Crippen molar-refractivity contribution in [2.24, 2.45) is 0 Å². The quantitative estimate of drug-likeness (QED) is 0.853. The predicted molar refractivity (Wildman–Crippen MR) is 83.5 cm³/mol. The molecule has 3 nitrogen and oxygen atoms in total. The molecule has 0 radical (unpaired) electrons. The van der Waals surface area contributed by atoms with Crippen LogP contribution in [0.1, 0.15) is 11.1 Å². The number of amides is 2. The number of hydrogen-bond donors (Lipinski definition) is 2. The number of benzene rings is 2. The minimum atomic E-state index is -0.322. The summed E-state index contributed by atoms with van der Waals surface area (Å²) in [7, 11) is 0. The molecule has 0 aromatic heterocycles. The van der Waals surface area contributed by atoms with E-state index in [1.165, 1.54) is 0 Å². The lowest BCUT2D eigenvalue weighted by atomic mass is 10.1. The van der Waals surface area contributed by atoms with Crippen molar-refractivity contribution in [2.75, 3.05) is 5.32 Å². The number of hydrogen-bond acceptors (Lipinski definition) is 1. The van der Waals surface area contributed by atoms with Crippen LogP contribution in [0.3, 0.4) is 0 Å². The normalized spacial score (nSPS) is 10.2. The molecule has 2 aromatic carbocycles. The summed E-state index contributed by atoms with van der Waals surface area (Å²) in [6, 6.07) is 12.6. The van der Waals surface area contributed by atoms with Gasteiger partial charge >= 0.3 is 6.03 Å². The Hall–Kier alpha value is -1.71. The van der Waals surface area contributed by atoms with Crippen LogP contribution in [0.2, 0.25) is 10.0 Å². The predicted octanol–water partition coefficient (Wildman–Crippen LogP) is 4.62. The minimum Gasteiger partial charge on any atom is -0.334 e. The molecule has 0 saturated carbocycles. The van der Waals surface area contributed by atoms with Crippen molar-refractivity contribution >= 4 is 34.9 Å². The fourth-order valence-electron chi connectivity index (χ4n) is 1.75. The molecular weight excluding hydrogens is 295 g/mol. The molecule has 0 saturated heterocycles. The SMILES string of the molecule is Cc1ccccc1CNC(=O)Nc1cccc(Cl)c1Cl. The number of carbonyl (C=O) groups excluding carboxylic acids is 1. The van der Waals surface area contributed by atoms with Gasteiger partial charge in [0.15, 0.2) is 0 Å². The average molecular weight is 309 g/mol. The molecule has 0 unspecified atom stereocenters. The van der Waals surface area contributed by atoms with E-state index >= 15 is 0 Å². The maximum absolute atomic E-state index is 11.8. The zero-order valence-corrected chi connectivity index (χ0v) is 12.4. The smallest absolute Gasteiger partial charge is 0.319 e. The van der Waals surface area contributed by atoms with Crippen molar-refractivity contribution in [3.05, 3.63) is 63.6 Å². The van der Waals surface area contributed by atoms with Crippen molar-refractivity contribution in [1.82, 2.24) is 5.32 Å². The Morgan fingerprint density at radius 3 is 2.60 bits per heavy atom. The van der Waals surface area contributed by atoms with Crippen molar-refractivity contribution in [1.29, 1.82) is 0 Å². The first-order valence-electron chi connectivity index (χ1n) is 6.11. The number of carbonyl (C=O) groups is 1. The van der Waals surface area contributed by atoms with Gasteiger partial charge in [-0.15, -0.1) is 0 Å². The summed E-state index contributed by atoms with van der Waals surface area (Å²) in [4.78, 5) is 11.8. The van der Waals surface area contributed by atoms with Crippen LogP contribution in [-0.2, 0) is 6.54 Å². The van der Waals surface area contributed by atoms with Crippen LogP contribution in [0.4, 0.5) is 10.5 Å². The molecule has 0 aliphatic rings. The van der Waals surface area contributed by atoms with E-state index in [1.807, 2.05) is 31.2 Å². The van der Waals surface area contributed by atoms with Gasteiger partial charge in [-0.25, -0.2) is 4.79 Å². The lowest BCUT2D eigenvalue weighted by Crippen LogP contribution is -2.28. The van der Waals surface area contributed by atoms with Gasteiger partial charge in [0, 0.05) is 6.54 Å². The number of anilines is 1. The van der Waals surface area contributed by atoms with Gasteiger partial charge in [-0.1, -0.05) is 53.5 Å². The van der Waals surface area contributed by atoms with Crippen molar-refractivity contribution in [2.45, 2.75) is 13.5 Å². The fourth-order valence-corrected chi connectivity index (χ4v) is 2.10. The first-order chi connectivity index (χ1) is 9.58. The second-order valence-corrected chi connectivity index (χ2v) is 5.12. The van der Waals surface area contributed by atoms with Crippen molar-refractivity contribution < 1.29 is 4.79 Å². The molecule has 0 spiro atoms. The van der Waals surface area contributed by atoms with Gasteiger partial charge in [-0.05, 0) is 30.2 Å². The van der Waals surface area contributed by atoms with Crippen molar-refractivity contribution in [3.8, 4) is 0 Å². The third-order valence-corrected chi connectivity index (χ3v) is 3.72. The molecule has 0 heterocycles. The van der Waals surface area contributed by atoms with Gasteiger partial charge in [0.05, 0.1) is 15.7 Å². The first kappa shape index (κ1) is 14.7. The van der Waals surface area contributed by atoms with Gasteiger partial charge in [-0.3, -0.25) is 0 Å². The molecular formula is C15H14Cl2N2O. The molecule has 0 atom stereocenters. The maximum Gasteiger partial charge on any atom is 0.319 e. The zero-order valence-electron chi connectivity index (χ0n) is 10.9. The van der Waals surface area contributed by atoms with Crippen LogP contribution in [0.15, 0.2) is 42.5 Å². The summed E-state index contributed by atoms with van der Waals surface area (Å²) in [5.41, 5.74) is 2.69. The number of nitrogens with one attached hydrogen (secondary N) is 2. The highest BCUT2D eigenvalue weighted by Crippen LogP contribution is 2.29. The molecule has 2 N–H and O–H groups in total. The van der Waals surface area contributed by atoms with Crippen LogP contribution in [-0.4, -0.2) is 6.03 Å². The minimum absolute atomic E-state index is 0.322. The molecule has 2 aromatic rings. The second kappa shape index (κ2) is 6.64. The second-order valence-electron chi connectivity index (χ2n) is 4.34. The molecule has 104 valence electrons. The van der Waals surface area contributed by atoms with E-state index in [0.29, 0.717) is 22.3 Å². The van der Waals surface area contributed by atoms with Gasteiger partial charge in [0.2, 0.25) is 0 Å². The van der Waals surface area contributed by atoms with Crippen LogP contribution in [0.5, 0.6) is 0 Å². The van der Waals surface area contributed by atoms with Crippen LogP contribution >= 0.6 is 23.2 Å². The summed E-state index contributed by atoms with van der Waals surface area (Å²) >= 11 is 11.9. The lowest BCUT2D eigenvalue weighted by Gasteiger charge is -2.10. The summed E-state index contributed by atoms with van der Waals surface area (Å²) in [5.74, 6) is 0. The molecule has 2 rings (SSSR count). The highest BCUT2D eigenvalue weighted by Gasteiger charge is 2.08. The van der Waals surface area contributed by atoms with Gasteiger partial charge in [0.25, 0.3) is 0 Å². The number of rotatable bonds is 3. The fraction of sp³-hybridized carbons (Fsp3) is 0.133. The van der Waals surface area contributed by atoms with Gasteiger partial charge < -0.3 is 10.6 Å². The molecule has 0 aliphatic carbocycles. The van der Waals surface area contributed by atoms with E-state index in [0.717, 1.165) is 11.1 Å². The van der Waals surface area contributed by atoms with E-state index in [4.69, 9.17) is 23.2 Å². The topological polar surface area (TPSA) is 41.1 Å². The summed E-state index contributed by atoms with van der Waals surface area (Å²) in [6.45, 7) is 2.46. The van der Waals surface area contributed by atoms with E-state index in [9.17, 15) is 4.79 Å². The number of aryl methyl sites for hydroxylation is 1. The van der Waals surface area contributed by atoms with Crippen LogP contribution in [0.25, 0.3) is 0 Å². The molecule has 20 heavy (non-hydrogen) atoms. The molecule has 2 amide bonds. The first-order valence-corrected chi connectivity index (χ1v) is 6.87. The third kappa shape index (κ3) is 3.65. The van der Waals surface area contributed by atoms with E-state index in [-0.39, 0.29) is 6.03 Å². The summed E-state index contributed by atoms with van der Waals surface area (Å²) in [6.07, 6.45) is 0. The molecule has 0 bridgehead atoms. The monoisotopic (exact) mass is 308 g/mol. The average Bonchev–Trinajstić information content (AvgIpc) is 2.43. The third-order valence-electron chi connectivity index (χ3n) is 2.90. The standard InChI is InChI=1S/C15H14Cl2N2O/c1-10-5-2-3-6-11(10)9-18-15(20)19-13-8-4-7-12(16)14(13)17/h2-8H,9H2,1H3,(H2,18,19,20). The Labute approximate surface area is 127 Å². The Morgan fingerprint density at radius 1 is 1.10 bits per heavy atom. The Balaban J connectivity index is 1.96. The Morgan fingerprint density at radius 2 is 1.85 bits per heavy atom.